The molecule has 0 aromatic carbocycles. The van der Waals surface area contributed by atoms with Crippen LogP contribution in [-0.4, -0.2) is 20.5 Å². The first-order valence-corrected chi connectivity index (χ1v) is 7.43. The van der Waals surface area contributed by atoms with Crippen LogP contribution in [-0.2, 0) is 11.2 Å². The van der Waals surface area contributed by atoms with Gasteiger partial charge in [-0.3, -0.25) is 9.20 Å². The van der Waals surface area contributed by atoms with Gasteiger partial charge in [0.15, 0.2) is 4.96 Å². The fraction of sp³-hybridized carbons (Fsp3) is 0.231. The third-order valence-electron chi connectivity index (χ3n) is 2.85. The quantitative estimate of drug-likeness (QED) is 0.805. The predicted molar refractivity (Wildman–Crippen MR) is 77.2 cm³/mol. The third kappa shape index (κ3) is 2.29. The predicted octanol–water partition coefficient (Wildman–Crippen LogP) is 3.37. The molecule has 0 saturated heterocycles. The minimum atomic E-state index is -0.811. The van der Waals surface area contributed by atoms with Gasteiger partial charge in [0.2, 0.25) is 0 Å². The van der Waals surface area contributed by atoms with Gasteiger partial charge in [-0.05, 0) is 19.9 Å². The van der Waals surface area contributed by atoms with Gasteiger partial charge in [0, 0.05) is 32.6 Å². The number of carboxylic acids is 1. The van der Waals surface area contributed by atoms with Crippen molar-refractivity contribution in [3.05, 3.63) is 33.1 Å². The summed E-state index contributed by atoms with van der Waals surface area (Å²) in [6.45, 7) is 4.18. The van der Waals surface area contributed by atoms with Gasteiger partial charge in [-0.25, -0.2) is 4.98 Å². The van der Waals surface area contributed by atoms with Crippen molar-refractivity contribution < 1.29 is 9.90 Å². The molecule has 0 atom stereocenters. The average molecular weight is 292 g/mol. The first kappa shape index (κ1) is 12.4. The summed E-state index contributed by atoms with van der Waals surface area (Å²) in [5.41, 5.74) is 2.12. The zero-order valence-electron chi connectivity index (χ0n) is 10.5. The van der Waals surface area contributed by atoms with E-state index >= 15 is 0 Å². The molecule has 0 radical (unpaired) electrons. The van der Waals surface area contributed by atoms with E-state index in [1.807, 2.05) is 16.8 Å². The Morgan fingerprint density at radius 1 is 1.37 bits per heavy atom. The molecule has 0 unspecified atom stereocenters. The highest BCUT2D eigenvalue weighted by Crippen LogP contribution is 2.31. The Balaban J connectivity index is 2.01. The van der Waals surface area contributed by atoms with Crippen LogP contribution in [0.4, 0.5) is 0 Å². The fourth-order valence-electron chi connectivity index (χ4n) is 2.09. The zero-order chi connectivity index (χ0) is 13.6. The number of carbonyl (C=O) groups is 1. The summed E-state index contributed by atoms with van der Waals surface area (Å²) in [5, 5.41) is 8.78. The van der Waals surface area contributed by atoms with Gasteiger partial charge in [0.25, 0.3) is 0 Å². The van der Waals surface area contributed by atoms with Crippen molar-refractivity contribution in [2.24, 2.45) is 0 Å². The molecule has 98 valence electrons. The highest BCUT2D eigenvalue weighted by atomic mass is 32.1. The topological polar surface area (TPSA) is 54.6 Å². The van der Waals surface area contributed by atoms with E-state index in [-0.39, 0.29) is 6.42 Å². The maximum atomic E-state index is 10.7. The van der Waals surface area contributed by atoms with Gasteiger partial charge in [0.05, 0.1) is 12.1 Å². The molecule has 0 saturated carbocycles. The molecule has 0 aliphatic carbocycles. The molecule has 4 nitrogen and oxygen atoms in total. The van der Waals surface area contributed by atoms with Crippen molar-refractivity contribution in [1.29, 1.82) is 0 Å². The lowest BCUT2D eigenvalue weighted by molar-refractivity contribution is -0.136. The minimum Gasteiger partial charge on any atom is -0.481 e. The average Bonchev–Trinajstić information content (AvgIpc) is 2.90. The van der Waals surface area contributed by atoms with E-state index in [1.54, 1.807) is 11.3 Å². The summed E-state index contributed by atoms with van der Waals surface area (Å²) in [7, 11) is 0. The Labute approximate surface area is 118 Å². The molecule has 3 heterocycles. The molecule has 1 N–H and O–H groups in total. The number of aromatic nitrogens is 2. The van der Waals surface area contributed by atoms with Gasteiger partial charge >= 0.3 is 5.97 Å². The van der Waals surface area contributed by atoms with Crippen LogP contribution in [0.15, 0.2) is 18.5 Å². The highest BCUT2D eigenvalue weighted by molar-refractivity contribution is 7.17. The second kappa shape index (κ2) is 4.47. The van der Waals surface area contributed by atoms with E-state index in [4.69, 9.17) is 5.11 Å². The summed E-state index contributed by atoms with van der Waals surface area (Å²) >= 11 is 3.19. The first-order valence-electron chi connectivity index (χ1n) is 5.79. The number of hydrogen-bond acceptors (Lipinski definition) is 4. The Morgan fingerprint density at radius 3 is 2.74 bits per heavy atom. The summed E-state index contributed by atoms with van der Waals surface area (Å²) in [6.07, 6.45) is 3.87. The summed E-state index contributed by atoms with van der Waals surface area (Å²) in [5.74, 6) is -0.811. The largest absolute Gasteiger partial charge is 0.481 e. The van der Waals surface area contributed by atoms with Crippen LogP contribution in [0.1, 0.15) is 14.6 Å². The Kier molecular flexibility index (Phi) is 2.91. The van der Waals surface area contributed by atoms with Crippen LogP contribution in [0.3, 0.4) is 0 Å². The van der Waals surface area contributed by atoms with Gasteiger partial charge in [0.1, 0.15) is 0 Å². The number of carboxylic acid groups (broad SMARTS) is 1. The van der Waals surface area contributed by atoms with E-state index in [9.17, 15) is 4.79 Å². The second-order valence-electron chi connectivity index (χ2n) is 4.41. The standard InChI is InChI=1S/C13H12N2O2S2/c1-7-3-10(8(2)18-7)11-6-15-5-9(4-12(16)17)19-13(15)14-11/h3,5-6H,4H2,1-2H3,(H,16,17). The molecule has 0 spiro atoms. The van der Waals surface area contributed by atoms with Gasteiger partial charge in [-0.2, -0.15) is 0 Å². The molecule has 0 fully saturated rings. The zero-order valence-corrected chi connectivity index (χ0v) is 12.1. The number of aryl methyl sites for hydroxylation is 2. The fourth-order valence-corrected chi connectivity index (χ4v) is 3.97. The summed E-state index contributed by atoms with van der Waals surface area (Å²) in [4.78, 5) is 19.5. The molecule has 3 rings (SSSR count). The SMILES string of the molecule is Cc1cc(-c2cn3cc(CC(=O)O)sc3n2)c(C)s1. The number of thiazole rings is 1. The lowest BCUT2D eigenvalue weighted by atomic mass is 10.2. The normalized spacial score (nSPS) is 11.3. The molecule has 3 aromatic rings. The van der Waals surface area contributed by atoms with Gasteiger partial charge in [-0.15, -0.1) is 22.7 Å². The molecule has 0 bridgehead atoms. The molecule has 6 heteroatoms. The Hall–Kier alpha value is -1.66. The maximum absolute atomic E-state index is 10.7. The van der Waals surface area contributed by atoms with E-state index < -0.39 is 5.97 Å². The molecule has 3 aromatic heterocycles. The van der Waals surface area contributed by atoms with Crippen LogP contribution >= 0.6 is 22.7 Å². The van der Waals surface area contributed by atoms with E-state index in [0.29, 0.717) is 0 Å². The molecule has 19 heavy (non-hydrogen) atoms. The number of fused-ring (bicyclic) bond motifs is 1. The van der Waals surface area contributed by atoms with Gasteiger partial charge < -0.3 is 5.11 Å². The van der Waals surface area contributed by atoms with Crippen LogP contribution in [0.2, 0.25) is 0 Å². The van der Waals surface area contributed by atoms with Crippen molar-refractivity contribution in [2.75, 3.05) is 0 Å². The number of imidazole rings is 1. The Morgan fingerprint density at radius 2 is 2.16 bits per heavy atom. The molecule has 0 aliphatic heterocycles. The number of hydrogen-bond donors (Lipinski definition) is 1. The molecule has 0 amide bonds. The third-order valence-corrected chi connectivity index (χ3v) is 4.81. The van der Waals surface area contributed by atoms with Crippen molar-refractivity contribution in [2.45, 2.75) is 20.3 Å². The van der Waals surface area contributed by atoms with Crippen molar-refractivity contribution in [3.63, 3.8) is 0 Å². The van der Waals surface area contributed by atoms with Crippen LogP contribution in [0.5, 0.6) is 0 Å². The molecular weight excluding hydrogens is 280 g/mol. The Bertz CT molecular complexity index is 735. The number of aliphatic carboxylic acids is 1. The van der Waals surface area contributed by atoms with Crippen molar-refractivity contribution in [1.82, 2.24) is 9.38 Å². The number of rotatable bonds is 3. The molecule has 0 aliphatic rings. The summed E-state index contributed by atoms with van der Waals surface area (Å²) in [6, 6.07) is 2.14. The molecular formula is C13H12N2O2S2. The number of nitrogens with zero attached hydrogens (tertiary/aromatic N) is 2. The highest BCUT2D eigenvalue weighted by Gasteiger charge is 2.12. The smallest absolute Gasteiger partial charge is 0.308 e. The van der Waals surface area contributed by atoms with Crippen molar-refractivity contribution in [3.8, 4) is 11.3 Å². The summed E-state index contributed by atoms with van der Waals surface area (Å²) < 4.78 is 1.91. The van der Waals surface area contributed by atoms with Crippen LogP contribution < -0.4 is 0 Å². The van der Waals surface area contributed by atoms with Crippen LogP contribution in [0.25, 0.3) is 16.2 Å². The van der Waals surface area contributed by atoms with E-state index in [1.165, 1.54) is 21.1 Å². The van der Waals surface area contributed by atoms with Crippen molar-refractivity contribution >= 4 is 33.6 Å². The van der Waals surface area contributed by atoms with Crippen LogP contribution in [0, 0.1) is 13.8 Å². The second-order valence-corrected chi connectivity index (χ2v) is 6.96. The monoisotopic (exact) mass is 292 g/mol. The number of thiophene rings is 1. The minimum absolute atomic E-state index is 0.0555. The van der Waals surface area contributed by atoms with E-state index in [0.717, 1.165) is 21.1 Å². The first-order chi connectivity index (χ1) is 9.02. The maximum Gasteiger partial charge on any atom is 0.308 e. The lowest BCUT2D eigenvalue weighted by Gasteiger charge is -1.92. The van der Waals surface area contributed by atoms with E-state index in [2.05, 4.69) is 24.9 Å². The van der Waals surface area contributed by atoms with Gasteiger partial charge in [-0.1, -0.05) is 0 Å². The lowest BCUT2D eigenvalue weighted by Crippen LogP contribution is -1.97.